The van der Waals surface area contributed by atoms with E-state index in [4.69, 9.17) is 9.47 Å². The molecule has 0 bridgehead atoms. The highest BCUT2D eigenvalue weighted by molar-refractivity contribution is 4.80. The van der Waals surface area contributed by atoms with E-state index < -0.39 is 0 Å². The highest BCUT2D eigenvalue weighted by atomic mass is 16.7. The Bertz CT molecular complexity index is 91.1. The topological polar surface area (TPSA) is 18.5 Å². The van der Waals surface area contributed by atoms with Crippen molar-refractivity contribution >= 4 is 0 Å². The lowest BCUT2D eigenvalue weighted by Gasteiger charge is -2.42. The van der Waals surface area contributed by atoms with Gasteiger partial charge in [-0.05, 0) is 20.8 Å². The van der Waals surface area contributed by atoms with Crippen molar-refractivity contribution in [2.24, 2.45) is 0 Å². The fourth-order valence-electron chi connectivity index (χ4n) is 1.03. The molecule has 2 heteroatoms. The van der Waals surface area contributed by atoms with Gasteiger partial charge < -0.3 is 9.47 Å². The first-order valence-corrected chi connectivity index (χ1v) is 3.43. The fourth-order valence-corrected chi connectivity index (χ4v) is 1.03. The van der Waals surface area contributed by atoms with Crippen molar-refractivity contribution in [3.05, 3.63) is 0 Å². The molecule has 1 saturated heterocycles. The highest BCUT2D eigenvalue weighted by Crippen LogP contribution is 2.31. The molecule has 1 aliphatic rings. The van der Waals surface area contributed by atoms with Crippen molar-refractivity contribution in [3.8, 4) is 0 Å². The summed E-state index contributed by atoms with van der Waals surface area (Å²) in [5.74, 6) is 0. The van der Waals surface area contributed by atoms with Crippen molar-refractivity contribution in [2.75, 3.05) is 6.61 Å². The second-order valence-electron chi connectivity index (χ2n) is 2.97. The third-order valence-electron chi connectivity index (χ3n) is 1.46. The smallest absolute Gasteiger partial charge is 0.161 e. The van der Waals surface area contributed by atoms with E-state index in [1.807, 2.05) is 6.92 Å². The molecule has 0 aliphatic carbocycles. The summed E-state index contributed by atoms with van der Waals surface area (Å²) < 4.78 is 10.5. The van der Waals surface area contributed by atoms with Crippen LogP contribution in [-0.2, 0) is 9.47 Å². The summed E-state index contributed by atoms with van der Waals surface area (Å²) in [7, 11) is 0. The Balaban J connectivity index is 2.12. The minimum absolute atomic E-state index is 0.0693. The predicted octanol–water partition coefficient (Wildman–Crippen LogP) is 1.55. The van der Waals surface area contributed by atoms with Gasteiger partial charge in [-0.1, -0.05) is 0 Å². The van der Waals surface area contributed by atoms with Crippen molar-refractivity contribution in [1.82, 2.24) is 0 Å². The van der Waals surface area contributed by atoms with Gasteiger partial charge in [0.1, 0.15) is 0 Å². The quantitative estimate of drug-likeness (QED) is 0.564. The molecule has 0 radical (unpaired) electrons. The third kappa shape index (κ3) is 1.66. The van der Waals surface area contributed by atoms with Gasteiger partial charge in [0.2, 0.25) is 0 Å². The Hall–Kier alpha value is -0.0800. The number of hydrogen-bond acceptors (Lipinski definition) is 2. The molecule has 1 rings (SSSR count). The number of ether oxygens (including phenoxy) is 2. The third-order valence-corrected chi connectivity index (χ3v) is 1.46. The maximum absolute atomic E-state index is 5.34. The molecule has 2 nitrogen and oxygen atoms in total. The molecule has 0 spiro atoms. The first kappa shape index (κ1) is 7.03. The van der Waals surface area contributed by atoms with Crippen LogP contribution < -0.4 is 0 Å². The summed E-state index contributed by atoms with van der Waals surface area (Å²) in [6.07, 6.45) is 1.10. The first-order valence-electron chi connectivity index (χ1n) is 3.43. The van der Waals surface area contributed by atoms with Gasteiger partial charge >= 0.3 is 0 Å². The molecule has 9 heavy (non-hydrogen) atoms. The summed E-state index contributed by atoms with van der Waals surface area (Å²) in [5, 5.41) is 0. The van der Waals surface area contributed by atoms with E-state index >= 15 is 0 Å². The summed E-state index contributed by atoms with van der Waals surface area (Å²) in [4.78, 5) is 0. The van der Waals surface area contributed by atoms with Gasteiger partial charge in [0.25, 0.3) is 0 Å². The normalized spacial score (nSPS) is 31.7. The Morgan fingerprint density at radius 1 is 1.67 bits per heavy atom. The molecule has 1 aliphatic heterocycles. The van der Waals surface area contributed by atoms with Crippen molar-refractivity contribution in [1.29, 1.82) is 0 Å². The highest BCUT2D eigenvalue weighted by Gasteiger charge is 2.37. The molecule has 0 N–H and O–H groups in total. The van der Waals surface area contributed by atoms with Crippen molar-refractivity contribution in [2.45, 2.75) is 39.1 Å². The van der Waals surface area contributed by atoms with Crippen LogP contribution in [0.25, 0.3) is 0 Å². The van der Waals surface area contributed by atoms with E-state index in [9.17, 15) is 0 Å². The zero-order chi connectivity index (χ0) is 6.91. The standard InChI is InChI=1S/C7H14O2/c1-4-8-6-5-7(2,3)9-6/h6H,4-5H2,1-3H3. The van der Waals surface area contributed by atoms with Crippen LogP contribution in [0.1, 0.15) is 27.2 Å². The Morgan fingerprint density at radius 2 is 2.22 bits per heavy atom. The van der Waals surface area contributed by atoms with Gasteiger partial charge in [-0.25, -0.2) is 0 Å². The van der Waals surface area contributed by atoms with Gasteiger partial charge in [0, 0.05) is 13.0 Å². The van der Waals surface area contributed by atoms with Crippen LogP contribution in [0.4, 0.5) is 0 Å². The van der Waals surface area contributed by atoms with E-state index in [1.165, 1.54) is 0 Å². The van der Waals surface area contributed by atoms with Crippen LogP contribution in [-0.4, -0.2) is 18.5 Å². The summed E-state index contributed by atoms with van der Waals surface area (Å²) >= 11 is 0. The molecule has 54 valence electrons. The average Bonchev–Trinajstić information content (AvgIpc) is 1.62. The molecule has 1 heterocycles. The van der Waals surface area contributed by atoms with Gasteiger partial charge in [-0.15, -0.1) is 0 Å². The van der Waals surface area contributed by atoms with Gasteiger partial charge in [-0.3, -0.25) is 0 Å². The Kier molecular flexibility index (Phi) is 1.78. The molecular weight excluding hydrogens is 116 g/mol. The molecule has 0 aromatic carbocycles. The van der Waals surface area contributed by atoms with Crippen LogP contribution in [0.5, 0.6) is 0 Å². The Morgan fingerprint density at radius 3 is 2.56 bits per heavy atom. The molecule has 0 saturated carbocycles. The van der Waals surface area contributed by atoms with E-state index in [0.29, 0.717) is 0 Å². The van der Waals surface area contributed by atoms with E-state index in [1.54, 1.807) is 0 Å². The maximum Gasteiger partial charge on any atom is 0.161 e. The molecule has 1 unspecified atom stereocenters. The zero-order valence-corrected chi connectivity index (χ0v) is 6.31. The second kappa shape index (κ2) is 2.27. The van der Waals surface area contributed by atoms with Crippen LogP contribution >= 0.6 is 0 Å². The monoisotopic (exact) mass is 130 g/mol. The minimum Gasteiger partial charge on any atom is -0.353 e. The predicted molar refractivity (Wildman–Crippen MR) is 35.2 cm³/mol. The molecular formula is C7H14O2. The first-order chi connectivity index (χ1) is 4.14. The number of rotatable bonds is 2. The van der Waals surface area contributed by atoms with Crippen molar-refractivity contribution in [3.63, 3.8) is 0 Å². The molecule has 1 atom stereocenters. The molecule has 0 aromatic rings. The second-order valence-corrected chi connectivity index (χ2v) is 2.97. The Labute approximate surface area is 56.2 Å². The van der Waals surface area contributed by atoms with Gasteiger partial charge in [0.15, 0.2) is 6.29 Å². The lowest BCUT2D eigenvalue weighted by atomic mass is 9.99. The number of hydrogen-bond donors (Lipinski definition) is 0. The van der Waals surface area contributed by atoms with Crippen LogP contribution in [0.15, 0.2) is 0 Å². The molecule has 0 aromatic heterocycles. The van der Waals surface area contributed by atoms with Crippen LogP contribution in [0.2, 0.25) is 0 Å². The van der Waals surface area contributed by atoms with Crippen LogP contribution in [0.3, 0.4) is 0 Å². The minimum atomic E-state index is 0.0693. The van der Waals surface area contributed by atoms with Crippen molar-refractivity contribution < 1.29 is 9.47 Å². The van der Waals surface area contributed by atoms with E-state index in [-0.39, 0.29) is 11.9 Å². The summed E-state index contributed by atoms with van der Waals surface area (Å²) in [5.41, 5.74) is 0.0693. The summed E-state index contributed by atoms with van der Waals surface area (Å²) in [6, 6.07) is 0. The lowest BCUT2D eigenvalue weighted by molar-refractivity contribution is -0.293. The van der Waals surface area contributed by atoms with Gasteiger partial charge in [-0.2, -0.15) is 0 Å². The van der Waals surface area contributed by atoms with E-state index in [2.05, 4.69) is 13.8 Å². The fraction of sp³-hybridized carbons (Fsp3) is 1.00. The summed E-state index contributed by atoms with van der Waals surface area (Å²) in [6.45, 7) is 6.88. The largest absolute Gasteiger partial charge is 0.353 e. The van der Waals surface area contributed by atoms with Gasteiger partial charge in [0.05, 0.1) is 5.60 Å². The maximum atomic E-state index is 5.34. The molecule has 1 fully saturated rings. The average molecular weight is 130 g/mol. The lowest BCUT2D eigenvalue weighted by Crippen LogP contribution is -2.46. The van der Waals surface area contributed by atoms with Crippen LogP contribution in [0, 0.1) is 0 Å². The SMILES string of the molecule is CCOC1CC(C)(C)O1. The van der Waals surface area contributed by atoms with E-state index in [0.717, 1.165) is 13.0 Å². The zero-order valence-electron chi connectivity index (χ0n) is 6.31. The molecule has 0 amide bonds.